The molecule has 0 aliphatic heterocycles. The van der Waals surface area contributed by atoms with E-state index in [1.807, 2.05) is 0 Å². The smallest absolute Gasteiger partial charge is 0.000542 e. The van der Waals surface area contributed by atoms with Gasteiger partial charge >= 0.3 is 0 Å². The van der Waals surface area contributed by atoms with Gasteiger partial charge in [0.05, 0.1) is 0 Å². The van der Waals surface area contributed by atoms with Gasteiger partial charge < -0.3 is 6.42 Å². The van der Waals surface area contributed by atoms with E-state index in [0.29, 0.717) is 17.8 Å². The van der Waals surface area contributed by atoms with Crippen molar-refractivity contribution in [3.63, 3.8) is 0 Å². The summed E-state index contributed by atoms with van der Waals surface area (Å²) in [5, 5.41) is 0. The molecule has 0 saturated carbocycles. The van der Waals surface area contributed by atoms with Gasteiger partial charge in [-0.15, -0.1) is 12.0 Å². The van der Waals surface area contributed by atoms with E-state index in [4.69, 9.17) is 0 Å². The summed E-state index contributed by atoms with van der Waals surface area (Å²) in [5.74, 6) is 1.71. The first kappa shape index (κ1) is 17.6. The number of hydrogen-bond acceptors (Lipinski definition) is 0. The number of benzene rings is 2. The normalized spacial score (nSPS) is 21.2. The van der Waals surface area contributed by atoms with Crippen molar-refractivity contribution in [2.45, 2.75) is 31.6 Å². The molecule has 0 amide bonds. The molecule has 0 N–H and O–H groups in total. The predicted molar refractivity (Wildman–Crippen MR) is 99.1 cm³/mol. The van der Waals surface area contributed by atoms with E-state index < -0.39 is 0 Å². The van der Waals surface area contributed by atoms with Crippen LogP contribution in [0.4, 0.5) is 0 Å². The Morgan fingerprint density at radius 3 is 2.25 bits per heavy atom. The van der Waals surface area contributed by atoms with Crippen molar-refractivity contribution in [3.05, 3.63) is 89.4 Å². The second-order valence-electron chi connectivity index (χ2n) is 6.70. The minimum Gasteiger partial charge on any atom is -0.314 e. The molecule has 120 valence electrons. The molecular formula is C23H23Zr-. The van der Waals surface area contributed by atoms with E-state index in [9.17, 15) is 0 Å². The van der Waals surface area contributed by atoms with E-state index in [2.05, 4.69) is 86.2 Å². The zero-order chi connectivity index (χ0) is 15.6. The first-order valence-corrected chi connectivity index (χ1v) is 8.74. The molecule has 1 heteroatoms. The summed E-state index contributed by atoms with van der Waals surface area (Å²) in [6.45, 7) is 2.32. The molecule has 0 nitrogen and oxygen atoms in total. The molecule has 0 bridgehead atoms. The Labute approximate surface area is 164 Å². The molecule has 0 fully saturated rings. The SMILES string of the molecule is CCC([CH-]C1C=Cc2ccccc21)CC1C=Cc2ccccc21.[Zr]. The quantitative estimate of drug-likeness (QED) is 0.531. The maximum absolute atomic E-state index is 2.57. The van der Waals surface area contributed by atoms with Crippen LogP contribution in [0.3, 0.4) is 0 Å². The zero-order valence-electron chi connectivity index (χ0n) is 14.2. The van der Waals surface area contributed by atoms with Crippen molar-refractivity contribution in [2.75, 3.05) is 0 Å². The van der Waals surface area contributed by atoms with Crippen LogP contribution < -0.4 is 0 Å². The van der Waals surface area contributed by atoms with Gasteiger partial charge in [0.25, 0.3) is 0 Å². The molecule has 3 unspecified atom stereocenters. The van der Waals surface area contributed by atoms with Crippen molar-refractivity contribution >= 4 is 12.2 Å². The molecule has 24 heavy (non-hydrogen) atoms. The van der Waals surface area contributed by atoms with Crippen LogP contribution in [0.15, 0.2) is 60.7 Å². The molecule has 0 heterocycles. The molecule has 2 aliphatic carbocycles. The average Bonchev–Trinajstić information content (AvgIpc) is 3.19. The predicted octanol–water partition coefficient (Wildman–Crippen LogP) is 6.23. The summed E-state index contributed by atoms with van der Waals surface area (Å²) in [5.41, 5.74) is 5.75. The molecule has 0 radical (unpaired) electrons. The molecule has 2 aromatic rings. The first-order chi connectivity index (χ1) is 11.3. The van der Waals surface area contributed by atoms with Gasteiger partial charge in [-0.3, -0.25) is 0 Å². The summed E-state index contributed by atoms with van der Waals surface area (Å²) >= 11 is 0. The van der Waals surface area contributed by atoms with Crippen molar-refractivity contribution in [3.8, 4) is 0 Å². The number of fused-ring (bicyclic) bond motifs is 2. The minimum absolute atomic E-state index is 0. The third-order valence-corrected chi connectivity index (χ3v) is 5.30. The largest absolute Gasteiger partial charge is 0.314 e. The summed E-state index contributed by atoms with van der Waals surface area (Å²) in [4.78, 5) is 0. The van der Waals surface area contributed by atoms with E-state index in [1.54, 1.807) is 0 Å². The average molecular weight is 391 g/mol. The molecular weight excluding hydrogens is 367 g/mol. The fourth-order valence-corrected chi connectivity index (χ4v) is 3.98. The van der Waals surface area contributed by atoms with Crippen molar-refractivity contribution in [1.29, 1.82) is 0 Å². The van der Waals surface area contributed by atoms with E-state index in [-0.39, 0.29) is 26.2 Å². The number of rotatable bonds is 5. The molecule has 4 rings (SSSR count). The van der Waals surface area contributed by atoms with Gasteiger partial charge in [-0.05, 0) is 16.7 Å². The third kappa shape index (κ3) is 3.43. The van der Waals surface area contributed by atoms with Crippen LogP contribution in [-0.4, -0.2) is 0 Å². The summed E-state index contributed by atoms with van der Waals surface area (Å²) in [6.07, 6.45) is 14.3. The standard InChI is InChI=1S/C23H23.Zr/c1-2-17(15-20-13-11-18-7-3-5-9-22(18)20)16-21-14-12-19-8-4-6-10-23(19)21;/h3-15,17,20-21H,2,16H2,1H3;/q-1;. The Morgan fingerprint density at radius 1 is 0.875 bits per heavy atom. The van der Waals surface area contributed by atoms with Gasteiger partial charge in [0.1, 0.15) is 0 Å². The van der Waals surface area contributed by atoms with Crippen LogP contribution >= 0.6 is 0 Å². The topological polar surface area (TPSA) is 0 Å². The second-order valence-corrected chi connectivity index (χ2v) is 6.70. The Kier molecular flexibility index (Phi) is 5.72. The molecule has 0 saturated heterocycles. The van der Waals surface area contributed by atoms with Crippen molar-refractivity contribution in [1.82, 2.24) is 0 Å². The van der Waals surface area contributed by atoms with Crippen LogP contribution in [0, 0.1) is 12.3 Å². The summed E-state index contributed by atoms with van der Waals surface area (Å²) in [7, 11) is 0. The molecule has 2 aromatic carbocycles. The second kappa shape index (κ2) is 7.79. The van der Waals surface area contributed by atoms with Crippen LogP contribution in [0.1, 0.15) is 53.9 Å². The Hall–Kier alpha value is -1.20. The van der Waals surface area contributed by atoms with E-state index in [1.165, 1.54) is 35.1 Å². The molecule has 3 atom stereocenters. The van der Waals surface area contributed by atoms with Crippen LogP contribution in [0.5, 0.6) is 0 Å². The van der Waals surface area contributed by atoms with Gasteiger partial charge in [-0.1, -0.05) is 92.1 Å². The molecule has 2 aliphatic rings. The fraction of sp³-hybridized carbons (Fsp3) is 0.261. The van der Waals surface area contributed by atoms with Gasteiger partial charge in [-0.25, -0.2) is 0 Å². The van der Waals surface area contributed by atoms with E-state index >= 15 is 0 Å². The minimum atomic E-state index is 0. The Balaban J connectivity index is 0.00000169. The van der Waals surface area contributed by atoms with Crippen LogP contribution in [0.2, 0.25) is 0 Å². The van der Waals surface area contributed by atoms with E-state index in [0.717, 1.165) is 0 Å². The van der Waals surface area contributed by atoms with Crippen LogP contribution in [-0.2, 0) is 26.2 Å². The summed E-state index contributed by atoms with van der Waals surface area (Å²) < 4.78 is 0. The maximum Gasteiger partial charge on any atom is 0.000542 e. The number of allylic oxidation sites excluding steroid dienone is 2. The van der Waals surface area contributed by atoms with Gasteiger partial charge in [0.15, 0.2) is 0 Å². The maximum atomic E-state index is 2.57. The van der Waals surface area contributed by atoms with Gasteiger partial charge in [-0.2, -0.15) is 5.92 Å². The Morgan fingerprint density at radius 2 is 1.50 bits per heavy atom. The third-order valence-electron chi connectivity index (χ3n) is 5.30. The Bertz CT molecular complexity index is 693. The molecule has 0 aromatic heterocycles. The molecule has 0 spiro atoms. The summed E-state index contributed by atoms with van der Waals surface area (Å²) in [6, 6.07) is 17.6. The fourth-order valence-electron chi connectivity index (χ4n) is 3.98. The monoisotopic (exact) mass is 389 g/mol. The van der Waals surface area contributed by atoms with Gasteiger partial charge in [0, 0.05) is 32.1 Å². The van der Waals surface area contributed by atoms with Crippen molar-refractivity contribution in [2.24, 2.45) is 5.92 Å². The van der Waals surface area contributed by atoms with Crippen molar-refractivity contribution < 1.29 is 26.2 Å². The zero-order valence-corrected chi connectivity index (χ0v) is 16.6. The first-order valence-electron chi connectivity index (χ1n) is 8.74. The van der Waals surface area contributed by atoms with Crippen LogP contribution in [0.25, 0.3) is 12.2 Å². The number of hydrogen-bond donors (Lipinski definition) is 0. The van der Waals surface area contributed by atoms with Gasteiger partial charge in [0.2, 0.25) is 0 Å².